The zero-order chi connectivity index (χ0) is 28.1. The van der Waals surface area contributed by atoms with E-state index in [1.54, 1.807) is 24.3 Å². The number of hydrogen-bond donors (Lipinski definition) is 3. The molecule has 0 unspecified atom stereocenters. The lowest BCUT2D eigenvalue weighted by Gasteiger charge is -2.26. The van der Waals surface area contributed by atoms with Crippen molar-refractivity contribution in [2.45, 2.75) is 37.5 Å². The topological polar surface area (TPSA) is 183 Å². The van der Waals surface area contributed by atoms with Crippen molar-refractivity contribution < 1.29 is 43.4 Å². The lowest BCUT2D eigenvalue weighted by molar-refractivity contribution is -0.384. The van der Waals surface area contributed by atoms with Crippen LogP contribution >= 0.6 is 0 Å². The molecular weight excluding hydrogens is 502 g/mol. The average Bonchev–Trinajstić information content (AvgIpc) is 2.92. The summed E-state index contributed by atoms with van der Waals surface area (Å²) in [5.74, 6) is -3.36. The van der Waals surface area contributed by atoms with Crippen molar-refractivity contribution in [2.24, 2.45) is 0 Å². The molecule has 0 aliphatic carbocycles. The van der Waals surface area contributed by atoms with Crippen molar-refractivity contribution in [3.05, 3.63) is 75.8 Å². The number of nitrogens with zero attached hydrogens (tertiary/aromatic N) is 1. The van der Waals surface area contributed by atoms with E-state index in [4.69, 9.17) is 14.2 Å². The summed E-state index contributed by atoms with van der Waals surface area (Å²) >= 11 is 0. The summed E-state index contributed by atoms with van der Waals surface area (Å²) in [5.41, 5.74) is 0.896. The second kappa shape index (κ2) is 14.9. The molecule has 13 nitrogen and oxygen atoms in total. The number of benzene rings is 2. The molecule has 0 saturated heterocycles. The van der Waals surface area contributed by atoms with Crippen LogP contribution in [0.5, 0.6) is 0 Å². The van der Waals surface area contributed by atoms with E-state index in [0.29, 0.717) is 5.56 Å². The molecule has 2 amide bonds. The Labute approximate surface area is 218 Å². The molecule has 204 valence electrons. The van der Waals surface area contributed by atoms with Crippen molar-refractivity contribution in [1.82, 2.24) is 10.6 Å². The summed E-state index contributed by atoms with van der Waals surface area (Å²) in [6.45, 7) is -0.286. The number of ether oxygens (including phenoxy) is 3. The highest BCUT2D eigenvalue weighted by atomic mass is 16.6. The van der Waals surface area contributed by atoms with Gasteiger partial charge in [-0.1, -0.05) is 42.5 Å². The lowest BCUT2D eigenvalue weighted by Crippen LogP contribution is -2.47. The molecule has 0 spiro atoms. The molecule has 0 saturated carbocycles. The maximum absolute atomic E-state index is 12.6. The van der Waals surface area contributed by atoms with Gasteiger partial charge in [0.15, 0.2) is 0 Å². The van der Waals surface area contributed by atoms with Gasteiger partial charge in [0, 0.05) is 24.6 Å². The number of methoxy groups -OCH3 is 2. The Balaban J connectivity index is 2.03. The molecule has 2 aromatic carbocycles. The van der Waals surface area contributed by atoms with Crippen LogP contribution in [0, 0.1) is 10.1 Å². The highest BCUT2D eigenvalue weighted by molar-refractivity contribution is 5.86. The Morgan fingerprint density at radius 1 is 0.974 bits per heavy atom. The second-order valence-corrected chi connectivity index (χ2v) is 8.10. The number of aliphatic hydroxyl groups is 1. The summed E-state index contributed by atoms with van der Waals surface area (Å²) in [6, 6.07) is 12.7. The van der Waals surface area contributed by atoms with Gasteiger partial charge in [0.2, 0.25) is 5.91 Å². The smallest absolute Gasteiger partial charge is 0.407 e. The van der Waals surface area contributed by atoms with E-state index in [1.807, 2.05) is 6.07 Å². The fraction of sp³-hybridized carbons (Fsp3) is 0.360. The fourth-order valence-corrected chi connectivity index (χ4v) is 3.48. The minimum absolute atomic E-state index is 0.0221. The molecule has 38 heavy (non-hydrogen) atoms. The highest BCUT2D eigenvalue weighted by Gasteiger charge is 2.34. The molecule has 0 heterocycles. The van der Waals surface area contributed by atoms with Crippen LogP contribution in [0.15, 0.2) is 54.6 Å². The molecule has 3 N–H and O–H groups in total. The van der Waals surface area contributed by atoms with Gasteiger partial charge in [0.05, 0.1) is 38.1 Å². The molecule has 0 fully saturated rings. The molecule has 0 aromatic heterocycles. The summed E-state index contributed by atoms with van der Waals surface area (Å²) in [7, 11) is 2.24. The molecule has 2 aromatic rings. The third-order valence-corrected chi connectivity index (χ3v) is 5.44. The third-order valence-electron chi connectivity index (χ3n) is 5.44. The van der Waals surface area contributed by atoms with Crippen LogP contribution in [0.2, 0.25) is 0 Å². The first kappa shape index (κ1) is 29.7. The van der Waals surface area contributed by atoms with Crippen LogP contribution in [-0.4, -0.2) is 66.9 Å². The fourth-order valence-electron chi connectivity index (χ4n) is 3.48. The minimum atomic E-state index is -1.39. The quantitative estimate of drug-likeness (QED) is 0.148. The predicted molar refractivity (Wildman–Crippen MR) is 132 cm³/mol. The number of esters is 2. The number of nitro groups is 1. The second-order valence-electron chi connectivity index (χ2n) is 8.10. The van der Waals surface area contributed by atoms with Crippen LogP contribution in [-0.2, 0) is 35.2 Å². The van der Waals surface area contributed by atoms with Crippen molar-refractivity contribution in [3.63, 3.8) is 0 Å². The molecule has 0 radical (unpaired) electrons. The van der Waals surface area contributed by atoms with Gasteiger partial charge in [-0.25, -0.2) is 9.59 Å². The summed E-state index contributed by atoms with van der Waals surface area (Å²) in [4.78, 5) is 59.5. The Morgan fingerprint density at radius 2 is 1.63 bits per heavy atom. The van der Waals surface area contributed by atoms with Crippen molar-refractivity contribution in [1.29, 1.82) is 0 Å². The van der Waals surface area contributed by atoms with Crippen molar-refractivity contribution >= 4 is 29.6 Å². The van der Waals surface area contributed by atoms with Gasteiger partial charge in [-0.3, -0.25) is 19.7 Å². The van der Waals surface area contributed by atoms with Gasteiger partial charge >= 0.3 is 18.0 Å². The molecule has 13 heteroatoms. The first-order valence-corrected chi connectivity index (χ1v) is 11.5. The van der Waals surface area contributed by atoms with Crippen LogP contribution in [0.25, 0.3) is 0 Å². The molecule has 0 aliphatic heterocycles. The first-order valence-electron chi connectivity index (χ1n) is 11.5. The van der Waals surface area contributed by atoms with Crippen molar-refractivity contribution in [2.75, 3.05) is 20.8 Å². The highest BCUT2D eigenvalue weighted by Crippen LogP contribution is 2.27. The standard InChI is InChI=1S/C25H29N3O10/c1-36-22(31)13-20(17-8-10-18(11-9-17)28(34)35)23(24(32)37-2)27-21(30)12-19(29)14-26-25(33)38-15-16-6-4-3-5-7-16/h3-11,19-20,23,29H,12-15H2,1-2H3,(H,26,33)(H,27,30)/t19-,20-,23+/m1/s1. The van der Waals surface area contributed by atoms with Gasteiger partial charge in [-0.15, -0.1) is 0 Å². The molecule has 0 bridgehead atoms. The number of non-ortho nitro benzene ring substituents is 1. The van der Waals surface area contributed by atoms with E-state index in [1.165, 1.54) is 24.3 Å². The van der Waals surface area contributed by atoms with Gasteiger partial charge < -0.3 is 30.0 Å². The normalized spacial score (nSPS) is 12.8. The Bertz CT molecular complexity index is 1110. The number of amides is 2. The van der Waals surface area contributed by atoms with Crippen molar-refractivity contribution in [3.8, 4) is 0 Å². The number of carbonyl (C=O) groups excluding carboxylic acids is 4. The minimum Gasteiger partial charge on any atom is -0.469 e. The molecule has 2 rings (SSSR count). The number of rotatable bonds is 13. The van der Waals surface area contributed by atoms with Gasteiger partial charge in [-0.2, -0.15) is 0 Å². The summed E-state index contributed by atoms with van der Waals surface area (Å²) in [6.07, 6.45) is -2.98. The Morgan fingerprint density at radius 3 is 2.21 bits per heavy atom. The number of aliphatic hydroxyl groups excluding tert-OH is 1. The number of hydrogen-bond acceptors (Lipinski definition) is 10. The zero-order valence-electron chi connectivity index (χ0n) is 20.8. The first-order chi connectivity index (χ1) is 18.1. The number of nitro benzene ring substituents is 1. The van der Waals surface area contributed by atoms with E-state index < -0.39 is 53.3 Å². The van der Waals surface area contributed by atoms with Crippen LogP contribution in [0.1, 0.15) is 29.9 Å². The van der Waals surface area contributed by atoms with Crippen LogP contribution in [0.4, 0.5) is 10.5 Å². The SMILES string of the molecule is COC(=O)C[C@H](c1ccc([N+](=O)[O-])cc1)[C@H](NC(=O)C[C@@H](O)CNC(=O)OCc1ccccc1)C(=O)OC. The third kappa shape index (κ3) is 9.50. The van der Waals surface area contributed by atoms with E-state index in [2.05, 4.69) is 10.6 Å². The van der Waals surface area contributed by atoms with Gasteiger partial charge in [0.1, 0.15) is 12.6 Å². The Hall–Kier alpha value is -4.52. The largest absolute Gasteiger partial charge is 0.469 e. The lowest BCUT2D eigenvalue weighted by atomic mass is 9.88. The predicted octanol–water partition coefficient (Wildman–Crippen LogP) is 1.58. The summed E-state index contributed by atoms with van der Waals surface area (Å²) < 4.78 is 14.5. The maximum atomic E-state index is 12.6. The van der Waals surface area contributed by atoms with E-state index in [9.17, 15) is 34.4 Å². The molecular formula is C25H29N3O10. The van der Waals surface area contributed by atoms with Gasteiger partial charge in [-0.05, 0) is 11.1 Å². The average molecular weight is 532 g/mol. The zero-order valence-corrected chi connectivity index (χ0v) is 20.8. The van der Waals surface area contributed by atoms with E-state index in [-0.39, 0.29) is 25.3 Å². The number of nitrogens with one attached hydrogen (secondary N) is 2. The molecule has 0 aliphatic rings. The van der Waals surface area contributed by atoms with Gasteiger partial charge in [0.25, 0.3) is 5.69 Å². The Kier molecular flexibility index (Phi) is 11.6. The summed E-state index contributed by atoms with van der Waals surface area (Å²) in [5, 5.41) is 26.0. The van der Waals surface area contributed by atoms with Crippen LogP contribution < -0.4 is 10.6 Å². The monoisotopic (exact) mass is 531 g/mol. The number of carbonyl (C=O) groups is 4. The maximum Gasteiger partial charge on any atom is 0.407 e. The molecule has 3 atom stereocenters. The van der Waals surface area contributed by atoms with E-state index >= 15 is 0 Å². The van der Waals surface area contributed by atoms with E-state index in [0.717, 1.165) is 19.8 Å². The number of alkyl carbamates (subject to hydrolysis) is 1. The van der Waals surface area contributed by atoms with Crippen LogP contribution in [0.3, 0.4) is 0 Å².